The first-order valence-corrected chi connectivity index (χ1v) is 11.8. The van der Waals surface area contributed by atoms with Gasteiger partial charge in [-0.1, -0.05) is 41.9 Å². The number of nitrogens with zero attached hydrogens (tertiary/aromatic N) is 3. The Hall–Kier alpha value is -3.75. The van der Waals surface area contributed by atoms with Crippen molar-refractivity contribution in [3.8, 4) is 11.3 Å². The first-order valence-electron chi connectivity index (χ1n) is 11.5. The Morgan fingerprint density at radius 2 is 1.81 bits per heavy atom. The van der Waals surface area contributed by atoms with Crippen LogP contribution in [-0.4, -0.2) is 38.1 Å². The molecule has 1 aliphatic rings. The minimum atomic E-state index is -1.17. The van der Waals surface area contributed by atoms with Crippen molar-refractivity contribution in [1.29, 1.82) is 0 Å². The van der Waals surface area contributed by atoms with E-state index in [1.165, 1.54) is 24.3 Å². The molecule has 0 saturated carbocycles. The van der Waals surface area contributed by atoms with Gasteiger partial charge in [-0.15, -0.1) is 0 Å². The molecule has 3 aromatic carbocycles. The van der Waals surface area contributed by atoms with E-state index in [0.29, 0.717) is 41.7 Å². The molecule has 0 unspecified atom stereocenters. The molecule has 0 saturated heterocycles. The SMILES string of the molecule is O=C([C@@H](O)Cc1ccccc1)N1CCn2c(nc(-c3ccc(F)cc3)c2Nc2ccc(Cl)c(F)c2)C1. The monoisotopic (exact) mass is 508 g/mol. The highest BCUT2D eigenvalue weighted by atomic mass is 35.5. The summed E-state index contributed by atoms with van der Waals surface area (Å²) in [6.07, 6.45) is -0.944. The summed E-state index contributed by atoms with van der Waals surface area (Å²) in [5, 5.41) is 13.8. The van der Waals surface area contributed by atoms with Crippen molar-refractivity contribution < 1.29 is 18.7 Å². The molecule has 0 radical (unpaired) electrons. The molecule has 6 nitrogen and oxygen atoms in total. The van der Waals surface area contributed by atoms with Crippen LogP contribution in [0, 0.1) is 11.6 Å². The van der Waals surface area contributed by atoms with E-state index in [0.717, 1.165) is 5.56 Å². The molecule has 0 fully saturated rings. The molecular formula is C27H23ClF2N4O2. The normalized spacial score (nSPS) is 13.8. The highest BCUT2D eigenvalue weighted by molar-refractivity contribution is 6.30. The Bertz CT molecular complexity index is 1390. The van der Waals surface area contributed by atoms with Gasteiger partial charge < -0.3 is 19.9 Å². The number of rotatable bonds is 6. The first kappa shape index (κ1) is 24.0. The molecule has 1 aliphatic heterocycles. The lowest BCUT2D eigenvalue weighted by molar-refractivity contribution is -0.141. The van der Waals surface area contributed by atoms with Crippen LogP contribution >= 0.6 is 11.6 Å². The van der Waals surface area contributed by atoms with Crippen LogP contribution in [0.15, 0.2) is 72.8 Å². The predicted molar refractivity (Wildman–Crippen MR) is 134 cm³/mol. The first-order chi connectivity index (χ1) is 17.4. The van der Waals surface area contributed by atoms with Crippen LogP contribution in [0.25, 0.3) is 11.3 Å². The van der Waals surface area contributed by atoms with E-state index < -0.39 is 11.9 Å². The molecule has 2 heterocycles. The molecule has 36 heavy (non-hydrogen) atoms. The third-order valence-corrected chi connectivity index (χ3v) is 6.45. The number of amides is 1. The summed E-state index contributed by atoms with van der Waals surface area (Å²) in [5.74, 6) is -0.118. The standard InChI is InChI=1S/C27H23ClF2N4O2/c28-21-11-10-20(15-22(21)30)31-26-25(18-6-8-19(29)9-7-18)32-24-16-33(12-13-34(24)26)27(36)23(35)14-17-4-2-1-3-5-17/h1-11,15,23,31,35H,12-14,16H2/t23-/m0/s1. The molecular weight excluding hydrogens is 486 g/mol. The van der Waals surface area contributed by atoms with Crippen molar-refractivity contribution in [2.45, 2.75) is 25.6 Å². The Balaban J connectivity index is 1.44. The third-order valence-electron chi connectivity index (χ3n) is 6.14. The molecule has 0 spiro atoms. The Morgan fingerprint density at radius 3 is 2.53 bits per heavy atom. The number of hydrogen-bond donors (Lipinski definition) is 2. The molecule has 0 aliphatic carbocycles. The van der Waals surface area contributed by atoms with Crippen LogP contribution in [0.5, 0.6) is 0 Å². The molecule has 4 aromatic rings. The second kappa shape index (κ2) is 10.1. The largest absolute Gasteiger partial charge is 0.383 e. The molecule has 0 bridgehead atoms. The quantitative estimate of drug-likeness (QED) is 0.377. The van der Waals surface area contributed by atoms with Crippen molar-refractivity contribution in [3.05, 3.63) is 101 Å². The van der Waals surface area contributed by atoms with Crippen molar-refractivity contribution in [3.63, 3.8) is 0 Å². The van der Waals surface area contributed by atoms with E-state index >= 15 is 0 Å². The number of nitrogens with one attached hydrogen (secondary N) is 1. The highest BCUT2D eigenvalue weighted by Gasteiger charge is 2.30. The van der Waals surface area contributed by atoms with Crippen molar-refractivity contribution in [2.24, 2.45) is 0 Å². The van der Waals surface area contributed by atoms with Gasteiger partial charge >= 0.3 is 0 Å². The van der Waals surface area contributed by atoms with Crippen molar-refractivity contribution in [1.82, 2.24) is 14.5 Å². The summed E-state index contributed by atoms with van der Waals surface area (Å²) >= 11 is 5.83. The summed E-state index contributed by atoms with van der Waals surface area (Å²) in [4.78, 5) is 19.3. The lowest BCUT2D eigenvalue weighted by atomic mass is 10.1. The fourth-order valence-electron chi connectivity index (χ4n) is 4.30. The lowest BCUT2D eigenvalue weighted by Crippen LogP contribution is -2.44. The number of hydrogen-bond acceptors (Lipinski definition) is 4. The zero-order valence-electron chi connectivity index (χ0n) is 19.2. The number of benzene rings is 3. The van der Waals surface area contributed by atoms with Crippen LogP contribution in [0.3, 0.4) is 0 Å². The molecule has 1 atom stereocenters. The van der Waals surface area contributed by atoms with Gasteiger partial charge in [0, 0.05) is 30.8 Å². The third kappa shape index (κ3) is 4.96. The number of aromatic nitrogens is 2. The number of carbonyl (C=O) groups is 1. The zero-order chi connectivity index (χ0) is 25.2. The maximum atomic E-state index is 14.1. The van der Waals surface area contributed by atoms with Crippen molar-refractivity contribution >= 4 is 29.0 Å². The van der Waals surface area contributed by atoms with E-state index in [1.54, 1.807) is 23.1 Å². The Morgan fingerprint density at radius 1 is 1.06 bits per heavy atom. The summed E-state index contributed by atoms with van der Waals surface area (Å²) in [5.41, 5.74) is 2.55. The smallest absolute Gasteiger partial charge is 0.252 e. The van der Waals surface area contributed by atoms with E-state index in [9.17, 15) is 18.7 Å². The second-order valence-electron chi connectivity index (χ2n) is 8.60. The van der Waals surface area contributed by atoms with E-state index in [2.05, 4.69) is 5.32 Å². The van der Waals surface area contributed by atoms with Crippen molar-refractivity contribution in [2.75, 3.05) is 11.9 Å². The fraction of sp³-hybridized carbons (Fsp3) is 0.185. The van der Waals surface area contributed by atoms with Gasteiger partial charge in [0.15, 0.2) is 0 Å². The van der Waals surface area contributed by atoms with Gasteiger partial charge in [0.2, 0.25) is 0 Å². The maximum absolute atomic E-state index is 14.1. The molecule has 2 N–H and O–H groups in total. The van der Waals surface area contributed by atoms with E-state index in [-0.39, 0.29) is 29.7 Å². The minimum absolute atomic E-state index is 0.0119. The van der Waals surface area contributed by atoms with Gasteiger partial charge in [0.05, 0.1) is 11.6 Å². The van der Waals surface area contributed by atoms with Gasteiger partial charge in [-0.2, -0.15) is 0 Å². The topological polar surface area (TPSA) is 70.4 Å². The summed E-state index contributed by atoms with van der Waals surface area (Å²) in [6.45, 7) is 0.960. The summed E-state index contributed by atoms with van der Waals surface area (Å²) in [7, 11) is 0. The van der Waals surface area contributed by atoms with Crippen LogP contribution in [0.4, 0.5) is 20.3 Å². The Labute approximate surface area is 211 Å². The maximum Gasteiger partial charge on any atom is 0.252 e. The number of fused-ring (bicyclic) bond motifs is 1. The number of imidazole rings is 1. The van der Waals surface area contributed by atoms with Gasteiger partial charge in [-0.05, 0) is 48.0 Å². The van der Waals surface area contributed by atoms with Crippen LogP contribution in [0.2, 0.25) is 5.02 Å². The number of aliphatic hydroxyl groups excluding tert-OH is 1. The fourth-order valence-corrected chi connectivity index (χ4v) is 4.42. The molecule has 1 amide bonds. The number of carbonyl (C=O) groups excluding carboxylic acids is 1. The average molecular weight is 509 g/mol. The molecule has 184 valence electrons. The number of halogens is 3. The zero-order valence-corrected chi connectivity index (χ0v) is 19.9. The molecule has 9 heteroatoms. The van der Waals surface area contributed by atoms with Gasteiger partial charge in [0.25, 0.3) is 5.91 Å². The van der Waals surface area contributed by atoms with E-state index in [4.69, 9.17) is 16.6 Å². The number of anilines is 2. The lowest BCUT2D eigenvalue weighted by Gasteiger charge is -2.30. The number of aliphatic hydroxyl groups is 1. The average Bonchev–Trinajstić information content (AvgIpc) is 3.24. The van der Waals surface area contributed by atoms with Crippen LogP contribution in [0.1, 0.15) is 11.4 Å². The summed E-state index contributed by atoms with van der Waals surface area (Å²) < 4.78 is 29.6. The predicted octanol–water partition coefficient (Wildman–Crippen LogP) is 5.17. The van der Waals surface area contributed by atoms with E-state index in [1.807, 2.05) is 34.9 Å². The van der Waals surface area contributed by atoms with Crippen LogP contribution < -0.4 is 5.32 Å². The second-order valence-corrected chi connectivity index (χ2v) is 9.01. The molecule has 1 aromatic heterocycles. The molecule has 5 rings (SSSR count). The van der Waals surface area contributed by atoms with Gasteiger partial charge in [-0.3, -0.25) is 4.79 Å². The summed E-state index contributed by atoms with van der Waals surface area (Å²) in [6, 6.07) is 19.7. The van der Waals surface area contributed by atoms with Gasteiger partial charge in [0.1, 0.15) is 35.1 Å². The minimum Gasteiger partial charge on any atom is -0.383 e. The Kier molecular flexibility index (Phi) is 6.71. The van der Waals surface area contributed by atoms with Crippen LogP contribution in [-0.2, 0) is 24.3 Å². The van der Waals surface area contributed by atoms with Gasteiger partial charge in [-0.25, -0.2) is 13.8 Å². The highest BCUT2D eigenvalue weighted by Crippen LogP contribution is 2.34.